The van der Waals surface area contributed by atoms with Gasteiger partial charge >= 0.3 is 6.03 Å². The van der Waals surface area contributed by atoms with Gasteiger partial charge in [0, 0.05) is 32.8 Å². The molecule has 9 heteroatoms. The number of amides is 4. The van der Waals surface area contributed by atoms with E-state index in [9.17, 15) is 14.4 Å². The third-order valence-electron chi connectivity index (χ3n) is 4.90. The molecule has 4 amide bonds. The number of hydrogen-bond acceptors (Lipinski definition) is 5. The molecule has 0 spiro atoms. The molecule has 1 N–H and O–H groups in total. The minimum absolute atomic E-state index is 0.00676. The summed E-state index contributed by atoms with van der Waals surface area (Å²) in [5.41, 5.74) is 1.84. The highest BCUT2D eigenvalue weighted by Gasteiger charge is 2.41. The van der Waals surface area contributed by atoms with E-state index in [-0.39, 0.29) is 37.0 Å². The first-order valence-corrected chi connectivity index (χ1v) is 8.22. The van der Waals surface area contributed by atoms with E-state index in [1.165, 1.54) is 4.90 Å². The van der Waals surface area contributed by atoms with E-state index in [0.717, 1.165) is 16.3 Å². The van der Waals surface area contributed by atoms with Gasteiger partial charge in [-0.1, -0.05) is 0 Å². The Morgan fingerprint density at radius 1 is 1.36 bits per heavy atom. The van der Waals surface area contributed by atoms with Crippen LogP contribution in [0, 0.1) is 13.8 Å². The highest BCUT2D eigenvalue weighted by molar-refractivity contribution is 6.04. The van der Waals surface area contributed by atoms with E-state index in [1.807, 2.05) is 13.8 Å². The molecule has 0 aliphatic carbocycles. The highest BCUT2D eigenvalue weighted by Crippen LogP contribution is 2.32. The number of imide groups is 1. The van der Waals surface area contributed by atoms with Gasteiger partial charge in [-0.3, -0.25) is 14.5 Å². The first-order chi connectivity index (χ1) is 11.8. The van der Waals surface area contributed by atoms with Crippen LogP contribution >= 0.6 is 0 Å². The van der Waals surface area contributed by atoms with Gasteiger partial charge in [-0.05, 0) is 13.8 Å². The van der Waals surface area contributed by atoms with Crippen LogP contribution in [0.4, 0.5) is 4.79 Å². The Morgan fingerprint density at radius 3 is 2.60 bits per heavy atom. The van der Waals surface area contributed by atoms with Gasteiger partial charge < -0.3 is 19.5 Å². The van der Waals surface area contributed by atoms with E-state index in [1.54, 1.807) is 19.1 Å². The fraction of sp³-hybridized carbons (Fsp3) is 0.625. The lowest BCUT2D eigenvalue weighted by atomic mass is 10.2. The number of urea groups is 1. The number of ether oxygens (including phenoxy) is 1. The van der Waals surface area contributed by atoms with Crippen LogP contribution in [0.5, 0.6) is 0 Å². The zero-order valence-corrected chi connectivity index (χ0v) is 14.9. The van der Waals surface area contributed by atoms with Crippen molar-refractivity contribution in [3.8, 4) is 0 Å². The Kier molecular flexibility index (Phi) is 4.51. The van der Waals surface area contributed by atoms with Crippen molar-refractivity contribution in [3.63, 3.8) is 0 Å². The third kappa shape index (κ3) is 3.11. The van der Waals surface area contributed by atoms with E-state index in [0.29, 0.717) is 18.8 Å². The van der Waals surface area contributed by atoms with Gasteiger partial charge in [-0.15, -0.1) is 0 Å². The zero-order chi connectivity index (χ0) is 18.3. The summed E-state index contributed by atoms with van der Waals surface area (Å²) in [6, 6.07) is -0.697. The van der Waals surface area contributed by atoms with E-state index >= 15 is 0 Å². The predicted octanol–water partition coefficient (Wildman–Crippen LogP) is 0.209. The zero-order valence-electron chi connectivity index (χ0n) is 14.9. The molecule has 2 fully saturated rings. The second kappa shape index (κ2) is 6.47. The number of methoxy groups -OCH3 is 1. The summed E-state index contributed by atoms with van der Waals surface area (Å²) in [6.45, 7) is 3.99. The monoisotopic (exact) mass is 349 g/mol. The molecule has 25 heavy (non-hydrogen) atoms. The average molecular weight is 349 g/mol. The van der Waals surface area contributed by atoms with Crippen LogP contribution in [0.15, 0.2) is 0 Å². The first-order valence-electron chi connectivity index (χ1n) is 8.22. The van der Waals surface area contributed by atoms with Crippen molar-refractivity contribution in [3.05, 3.63) is 17.2 Å². The molecular formula is C16H23N5O4. The number of aromatic amines is 1. The summed E-state index contributed by atoms with van der Waals surface area (Å²) in [6.07, 6.45) is 0.517. The maximum absolute atomic E-state index is 12.8. The summed E-state index contributed by atoms with van der Waals surface area (Å²) >= 11 is 0. The topological polar surface area (TPSA) is 98.8 Å². The SMILES string of the molecule is CO[C@@H]1C[C@@H](c2nc(C)c(C)[nH]2)N(C(=O)CN2C(=O)CN(C)C2=O)C1. The smallest absolute Gasteiger partial charge is 0.327 e. The second-order valence-corrected chi connectivity index (χ2v) is 6.61. The molecule has 2 aliphatic rings. The maximum atomic E-state index is 12.8. The average Bonchev–Trinajstić information content (AvgIpc) is 3.21. The van der Waals surface area contributed by atoms with Gasteiger partial charge in [-0.25, -0.2) is 9.78 Å². The molecule has 0 aromatic carbocycles. The van der Waals surface area contributed by atoms with Gasteiger partial charge in [0.15, 0.2) is 0 Å². The number of aryl methyl sites for hydroxylation is 2. The number of carbonyl (C=O) groups excluding carboxylic acids is 3. The highest BCUT2D eigenvalue weighted by atomic mass is 16.5. The number of rotatable bonds is 4. The summed E-state index contributed by atoms with van der Waals surface area (Å²) in [5, 5.41) is 0. The molecule has 2 saturated heterocycles. The van der Waals surface area contributed by atoms with Crippen molar-refractivity contribution in [2.24, 2.45) is 0 Å². The number of likely N-dealkylation sites (tertiary alicyclic amines) is 1. The first kappa shape index (κ1) is 17.4. The molecule has 9 nitrogen and oxygen atoms in total. The quantitative estimate of drug-likeness (QED) is 0.784. The Labute approximate surface area is 145 Å². The van der Waals surface area contributed by atoms with Crippen LogP contribution in [-0.4, -0.2) is 82.4 Å². The fourth-order valence-corrected chi connectivity index (χ4v) is 3.29. The van der Waals surface area contributed by atoms with Crippen molar-refractivity contribution in [1.82, 2.24) is 24.7 Å². The van der Waals surface area contributed by atoms with Gasteiger partial charge in [-0.2, -0.15) is 0 Å². The van der Waals surface area contributed by atoms with Crippen molar-refractivity contribution in [1.29, 1.82) is 0 Å². The number of nitrogens with zero attached hydrogens (tertiary/aromatic N) is 4. The van der Waals surface area contributed by atoms with Crippen molar-refractivity contribution in [2.45, 2.75) is 32.4 Å². The van der Waals surface area contributed by atoms with Crippen molar-refractivity contribution >= 4 is 17.8 Å². The van der Waals surface area contributed by atoms with Gasteiger partial charge in [0.2, 0.25) is 5.91 Å². The number of nitrogens with one attached hydrogen (secondary N) is 1. The number of hydrogen-bond donors (Lipinski definition) is 1. The molecule has 1 aromatic rings. The van der Waals surface area contributed by atoms with Crippen LogP contribution in [0.25, 0.3) is 0 Å². The van der Waals surface area contributed by atoms with E-state index in [2.05, 4.69) is 9.97 Å². The maximum Gasteiger partial charge on any atom is 0.327 e. The van der Waals surface area contributed by atoms with Crippen LogP contribution in [-0.2, 0) is 14.3 Å². The van der Waals surface area contributed by atoms with E-state index in [4.69, 9.17) is 4.74 Å². The largest absolute Gasteiger partial charge is 0.380 e. The minimum Gasteiger partial charge on any atom is -0.380 e. The molecule has 3 rings (SSSR count). The van der Waals surface area contributed by atoms with Gasteiger partial charge in [0.25, 0.3) is 5.91 Å². The third-order valence-corrected chi connectivity index (χ3v) is 4.90. The molecular weight excluding hydrogens is 326 g/mol. The lowest BCUT2D eigenvalue weighted by molar-refractivity contribution is -0.137. The summed E-state index contributed by atoms with van der Waals surface area (Å²) in [7, 11) is 3.15. The Balaban J connectivity index is 1.79. The predicted molar refractivity (Wildman–Crippen MR) is 87.7 cm³/mol. The normalized spacial score (nSPS) is 23.9. The Morgan fingerprint density at radius 2 is 2.08 bits per heavy atom. The van der Waals surface area contributed by atoms with Crippen molar-refractivity contribution in [2.75, 3.05) is 33.8 Å². The van der Waals surface area contributed by atoms with Crippen LogP contribution < -0.4 is 0 Å². The standard InChI is InChI=1S/C16H23N5O4/c1-9-10(2)18-15(17-9)12-5-11(25-4)6-20(12)14(23)8-21-13(22)7-19(3)16(21)24/h11-12H,5-8H2,1-4H3,(H,17,18)/t11-,12+/m1/s1. The lowest BCUT2D eigenvalue weighted by Gasteiger charge is -2.25. The number of carbonyl (C=O) groups is 3. The number of imidazole rings is 1. The van der Waals surface area contributed by atoms with Crippen molar-refractivity contribution < 1.29 is 19.1 Å². The molecule has 136 valence electrons. The molecule has 3 heterocycles. The summed E-state index contributed by atoms with van der Waals surface area (Å²) in [4.78, 5) is 48.4. The van der Waals surface area contributed by atoms with Crippen LogP contribution in [0.2, 0.25) is 0 Å². The van der Waals surface area contributed by atoms with Crippen LogP contribution in [0.3, 0.4) is 0 Å². The molecule has 0 saturated carbocycles. The fourth-order valence-electron chi connectivity index (χ4n) is 3.29. The summed E-state index contributed by atoms with van der Waals surface area (Å²) < 4.78 is 5.42. The Bertz CT molecular complexity index is 696. The molecule has 0 radical (unpaired) electrons. The number of likely N-dealkylation sites (N-methyl/N-ethyl adjacent to an activating group) is 1. The number of H-pyrrole nitrogens is 1. The van der Waals surface area contributed by atoms with Gasteiger partial charge in [0.1, 0.15) is 18.9 Å². The molecule has 1 aromatic heterocycles. The molecule has 2 aliphatic heterocycles. The van der Waals surface area contributed by atoms with E-state index < -0.39 is 6.03 Å². The Hall–Kier alpha value is -2.42. The van der Waals surface area contributed by atoms with Crippen LogP contribution in [0.1, 0.15) is 29.7 Å². The van der Waals surface area contributed by atoms with Gasteiger partial charge in [0.05, 0.1) is 17.8 Å². The lowest BCUT2D eigenvalue weighted by Crippen LogP contribution is -2.43. The molecule has 2 atom stereocenters. The summed E-state index contributed by atoms with van der Waals surface area (Å²) in [5.74, 6) is 0.0666. The molecule has 0 bridgehead atoms. The molecule has 0 unspecified atom stereocenters. The number of aromatic nitrogens is 2. The minimum atomic E-state index is -0.443. The second-order valence-electron chi connectivity index (χ2n) is 6.61.